The molecule has 0 aromatic heterocycles. The average Bonchev–Trinajstić information content (AvgIpc) is 3.33. The number of amides is 1. The molecule has 7 heteroatoms. The Bertz CT molecular complexity index is 657. The summed E-state index contributed by atoms with van der Waals surface area (Å²) in [6, 6.07) is 4.42. The van der Waals surface area contributed by atoms with Crippen LogP contribution in [0, 0.1) is 23.1 Å². The van der Waals surface area contributed by atoms with E-state index in [2.05, 4.69) is 16.7 Å². The van der Waals surface area contributed by atoms with Gasteiger partial charge in [-0.3, -0.25) is 4.79 Å². The highest BCUT2D eigenvalue weighted by molar-refractivity contribution is 6.35. The summed E-state index contributed by atoms with van der Waals surface area (Å²) >= 11 is 11.7. The third-order valence-electron chi connectivity index (χ3n) is 4.10. The number of carbonyl (C=O) groups is 1. The predicted molar refractivity (Wildman–Crippen MR) is 87.7 cm³/mol. The van der Waals surface area contributed by atoms with Crippen LogP contribution in [-0.4, -0.2) is 18.0 Å². The minimum absolute atomic E-state index is 0.00569. The lowest BCUT2D eigenvalue weighted by Gasteiger charge is -2.24. The SMILES string of the molecule is C[C@H](NCC(=O)N[C@](C)(C#N)C1CC1)c1cc(F)c(Cl)cc1Cl. The number of rotatable bonds is 6. The van der Waals surface area contributed by atoms with E-state index in [0.717, 1.165) is 12.8 Å². The number of carbonyl (C=O) groups excluding carboxylic acids is 1. The van der Waals surface area contributed by atoms with Crippen LogP contribution in [0.5, 0.6) is 0 Å². The van der Waals surface area contributed by atoms with Crippen molar-refractivity contribution in [2.75, 3.05) is 6.54 Å². The highest BCUT2D eigenvalue weighted by Gasteiger charge is 2.42. The average molecular weight is 358 g/mol. The number of hydrogen-bond donors (Lipinski definition) is 2. The second-order valence-corrected chi connectivity index (χ2v) is 6.84. The number of nitrogens with one attached hydrogen (secondary N) is 2. The molecule has 0 aliphatic heterocycles. The Kier molecular flexibility index (Phi) is 5.51. The molecule has 4 nitrogen and oxygen atoms in total. The fourth-order valence-electron chi connectivity index (χ4n) is 2.44. The highest BCUT2D eigenvalue weighted by Crippen LogP contribution is 2.39. The van der Waals surface area contributed by atoms with Gasteiger partial charge in [-0.15, -0.1) is 0 Å². The second-order valence-electron chi connectivity index (χ2n) is 6.03. The topological polar surface area (TPSA) is 64.9 Å². The zero-order chi connectivity index (χ0) is 17.2. The van der Waals surface area contributed by atoms with Crippen molar-refractivity contribution in [3.63, 3.8) is 0 Å². The third kappa shape index (κ3) is 4.35. The van der Waals surface area contributed by atoms with E-state index in [-0.39, 0.29) is 29.4 Å². The summed E-state index contributed by atoms with van der Waals surface area (Å²) < 4.78 is 13.5. The number of nitriles is 1. The molecular formula is C16H18Cl2FN3O. The Morgan fingerprint density at radius 2 is 2.13 bits per heavy atom. The van der Waals surface area contributed by atoms with Gasteiger partial charge in [0, 0.05) is 11.1 Å². The van der Waals surface area contributed by atoms with Crippen LogP contribution in [0.4, 0.5) is 4.39 Å². The number of nitrogens with zero attached hydrogens (tertiary/aromatic N) is 1. The molecular weight excluding hydrogens is 340 g/mol. The normalized spacial score (nSPS) is 17.9. The Balaban J connectivity index is 1.94. The van der Waals surface area contributed by atoms with E-state index < -0.39 is 11.4 Å². The molecule has 1 aliphatic carbocycles. The zero-order valence-corrected chi connectivity index (χ0v) is 14.4. The van der Waals surface area contributed by atoms with Crippen molar-refractivity contribution in [3.05, 3.63) is 33.6 Å². The zero-order valence-electron chi connectivity index (χ0n) is 12.9. The van der Waals surface area contributed by atoms with Gasteiger partial charge < -0.3 is 10.6 Å². The van der Waals surface area contributed by atoms with Crippen molar-refractivity contribution in [1.29, 1.82) is 5.26 Å². The molecule has 1 aromatic rings. The Morgan fingerprint density at radius 1 is 1.48 bits per heavy atom. The molecule has 1 saturated carbocycles. The molecule has 1 aromatic carbocycles. The molecule has 0 heterocycles. The van der Waals surface area contributed by atoms with E-state index in [9.17, 15) is 14.4 Å². The molecule has 0 bridgehead atoms. The minimum Gasteiger partial charge on any atom is -0.337 e. The van der Waals surface area contributed by atoms with Gasteiger partial charge in [0.25, 0.3) is 0 Å². The molecule has 124 valence electrons. The van der Waals surface area contributed by atoms with Crippen LogP contribution >= 0.6 is 23.2 Å². The first-order valence-electron chi connectivity index (χ1n) is 7.37. The summed E-state index contributed by atoms with van der Waals surface area (Å²) in [5, 5.41) is 15.3. The smallest absolute Gasteiger partial charge is 0.235 e. The van der Waals surface area contributed by atoms with Crippen molar-refractivity contribution < 1.29 is 9.18 Å². The molecule has 2 rings (SSSR count). The van der Waals surface area contributed by atoms with Gasteiger partial charge in [0.2, 0.25) is 5.91 Å². The molecule has 1 amide bonds. The van der Waals surface area contributed by atoms with E-state index in [4.69, 9.17) is 23.2 Å². The minimum atomic E-state index is -0.827. The van der Waals surface area contributed by atoms with E-state index in [1.165, 1.54) is 12.1 Å². The number of halogens is 3. The van der Waals surface area contributed by atoms with Gasteiger partial charge in [0.1, 0.15) is 11.4 Å². The summed E-state index contributed by atoms with van der Waals surface area (Å²) in [4.78, 5) is 12.0. The van der Waals surface area contributed by atoms with Crippen molar-refractivity contribution in [1.82, 2.24) is 10.6 Å². The Labute approximate surface area is 145 Å². The molecule has 2 N–H and O–H groups in total. The quantitative estimate of drug-likeness (QED) is 0.764. The standard InChI is InChI=1S/C16H18Cl2FN3O/c1-9(11-5-14(19)13(18)6-12(11)17)21-7-15(23)22-16(2,8-20)10-3-4-10/h5-6,9-10,21H,3-4,7H2,1-2H3,(H,22,23)/t9-,16+/m0/s1. The molecule has 1 aliphatic rings. The molecule has 0 unspecified atom stereocenters. The summed E-state index contributed by atoms with van der Waals surface area (Å²) in [7, 11) is 0. The van der Waals surface area contributed by atoms with E-state index in [1.807, 2.05) is 0 Å². The molecule has 0 spiro atoms. The van der Waals surface area contributed by atoms with Gasteiger partial charge >= 0.3 is 0 Å². The van der Waals surface area contributed by atoms with Crippen LogP contribution in [0.15, 0.2) is 12.1 Å². The number of hydrogen-bond acceptors (Lipinski definition) is 3. The van der Waals surface area contributed by atoms with Crippen LogP contribution in [0.25, 0.3) is 0 Å². The molecule has 0 radical (unpaired) electrons. The second kappa shape index (κ2) is 7.04. The van der Waals surface area contributed by atoms with Crippen LogP contribution in [0.2, 0.25) is 10.0 Å². The van der Waals surface area contributed by atoms with E-state index >= 15 is 0 Å². The fourth-order valence-corrected chi connectivity index (χ4v) is 2.99. The maximum absolute atomic E-state index is 13.5. The van der Waals surface area contributed by atoms with Crippen LogP contribution in [0.3, 0.4) is 0 Å². The molecule has 1 fully saturated rings. The summed E-state index contributed by atoms with van der Waals surface area (Å²) in [6.45, 7) is 3.51. The summed E-state index contributed by atoms with van der Waals surface area (Å²) in [6.07, 6.45) is 1.90. The van der Waals surface area contributed by atoms with Crippen LogP contribution in [-0.2, 0) is 4.79 Å². The van der Waals surface area contributed by atoms with E-state index in [0.29, 0.717) is 10.6 Å². The van der Waals surface area contributed by atoms with Gasteiger partial charge in [-0.25, -0.2) is 4.39 Å². The maximum Gasteiger partial charge on any atom is 0.235 e. The van der Waals surface area contributed by atoms with Gasteiger partial charge in [0.15, 0.2) is 0 Å². The maximum atomic E-state index is 13.5. The highest BCUT2D eigenvalue weighted by atomic mass is 35.5. The lowest BCUT2D eigenvalue weighted by molar-refractivity contribution is -0.121. The van der Waals surface area contributed by atoms with Crippen LogP contribution in [0.1, 0.15) is 38.3 Å². The van der Waals surface area contributed by atoms with Crippen molar-refractivity contribution in [2.45, 2.75) is 38.3 Å². The lowest BCUT2D eigenvalue weighted by atomic mass is 9.98. The van der Waals surface area contributed by atoms with Gasteiger partial charge in [0.05, 0.1) is 17.6 Å². The van der Waals surface area contributed by atoms with E-state index in [1.54, 1.807) is 13.8 Å². The molecule has 23 heavy (non-hydrogen) atoms. The molecule has 2 atom stereocenters. The summed E-state index contributed by atoms with van der Waals surface area (Å²) in [5.41, 5.74) is -0.307. The predicted octanol–water partition coefficient (Wildman–Crippen LogP) is 3.59. The van der Waals surface area contributed by atoms with Crippen molar-refractivity contribution in [3.8, 4) is 6.07 Å². The Morgan fingerprint density at radius 3 is 2.70 bits per heavy atom. The first-order chi connectivity index (χ1) is 10.8. The van der Waals surface area contributed by atoms with Gasteiger partial charge in [-0.2, -0.15) is 5.26 Å². The first-order valence-corrected chi connectivity index (χ1v) is 8.12. The lowest BCUT2D eigenvalue weighted by Crippen LogP contribution is -2.49. The number of benzene rings is 1. The van der Waals surface area contributed by atoms with Crippen molar-refractivity contribution >= 4 is 29.1 Å². The van der Waals surface area contributed by atoms with Crippen LogP contribution < -0.4 is 10.6 Å². The summed E-state index contributed by atoms with van der Waals surface area (Å²) in [5.74, 6) is -0.623. The third-order valence-corrected chi connectivity index (χ3v) is 4.72. The van der Waals surface area contributed by atoms with Crippen molar-refractivity contribution in [2.24, 2.45) is 5.92 Å². The van der Waals surface area contributed by atoms with Gasteiger partial charge in [-0.1, -0.05) is 23.2 Å². The fraction of sp³-hybridized carbons (Fsp3) is 0.500. The largest absolute Gasteiger partial charge is 0.337 e. The molecule has 0 saturated heterocycles. The monoisotopic (exact) mass is 357 g/mol. The van der Waals surface area contributed by atoms with Gasteiger partial charge in [-0.05, 0) is 50.3 Å². The Hall–Kier alpha value is -1.35. The first kappa shape index (κ1) is 18.0.